The molecule has 2 heterocycles. The lowest BCUT2D eigenvalue weighted by atomic mass is 10.0. The Hall–Kier alpha value is -6.39. The van der Waals surface area contributed by atoms with Gasteiger partial charge in [0.1, 0.15) is 17.7 Å². The van der Waals surface area contributed by atoms with E-state index in [-0.39, 0.29) is 47.8 Å². The van der Waals surface area contributed by atoms with Gasteiger partial charge in [-0.25, -0.2) is 19.6 Å². The molecule has 2 aromatic carbocycles. The summed E-state index contributed by atoms with van der Waals surface area (Å²) in [6.45, 7) is 5.41. The van der Waals surface area contributed by atoms with Crippen molar-refractivity contribution in [2.75, 3.05) is 30.5 Å². The molecular formula is C35H41N9O8. The van der Waals surface area contributed by atoms with Crippen molar-refractivity contribution in [1.82, 2.24) is 30.6 Å². The van der Waals surface area contributed by atoms with Gasteiger partial charge in [-0.05, 0) is 69.2 Å². The molecule has 2 atom stereocenters. The third kappa shape index (κ3) is 10.6. The maximum absolute atomic E-state index is 13.5. The van der Waals surface area contributed by atoms with Crippen LogP contribution in [0.3, 0.4) is 0 Å². The Balaban J connectivity index is 1.47. The number of ether oxygens (including phenoxy) is 2. The third-order valence-electron chi connectivity index (χ3n) is 7.55. The van der Waals surface area contributed by atoms with Crippen molar-refractivity contribution in [1.29, 1.82) is 0 Å². The van der Waals surface area contributed by atoms with E-state index in [1.54, 1.807) is 63.4 Å². The summed E-state index contributed by atoms with van der Waals surface area (Å²) in [7, 11) is 3.04. The maximum Gasteiger partial charge on any atom is 0.337 e. The minimum atomic E-state index is -1.43. The molecule has 4 rings (SSSR count). The summed E-state index contributed by atoms with van der Waals surface area (Å²) < 4.78 is 10.1. The fourth-order valence-electron chi connectivity index (χ4n) is 5.08. The molecule has 0 spiro atoms. The Bertz CT molecular complexity index is 1960. The Kier molecular flexibility index (Phi) is 12.2. The van der Waals surface area contributed by atoms with Gasteiger partial charge in [0, 0.05) is 31.1 Å². The van der Waals surface area contributed by atoms with Gasteiger partial charge in [0.2, 0.25) is 11.9 Å². The fraction of sp³-hybridized carbons (Fsp3) is 0.343. The molecule has 17 heteroatoms. The smallest absolute Gasteiger partial charge is 0.337 e. The first kappa shape index (κ1) is 38.4. The predicted molar refractivity (Wildman–Crippen MR) is 190 cm³/mol. The molecule has 0 aliphatic heterocycles. The highest BCUT2D eigenvalue weighted by atomic mass is 16.6. The average molecular weight is 716 g/mol. The van der Waals surface area contributed by atoms with E-state index in [1.165, 1.54) is 19.2 Å². The zero-order chi connectivity index (χ0) is 38.2. The first-order valence-electron chi connectivity index (χ1n) is 16.1. The molecule has 0 unspecified atom stereocenters. The summed E-state index contributed by atoms with van der Waals surface area (Å²) in [4.78, 5) is 82.2. The number of nitrogens with two attached hydrogens (primary N) is 2. The number of amides is 2. The van der Waals surface area contributed by atoms with Crippen LogP contribution in [0.5, 0.6) is 0 Å². The van der Waals surface area contributed by atoms with Crippen LogP contribution in [-0.4, -0.2) is 86.6 Å². The fourth-order valence-corrected chi connectivity index (χ4v) is 5.08. The molecule has 0 fully saturated rings. The van der Waals surface area contributed by atoms with E-state index in [9.17, 15) is 29.1 Å². The van der Waals surface area contributed by atoms with Crippen molar-refractivity contribution in [3.8, 4) is 0 Å². The topological polar surface area (TPSA) is 255 Å². The van der Waals surface area contributed by atoms with Crippen LogP contribution < -0.4 is 27.0 Å². The molecular weight excluding hydrogens is 674 g/mol. The summed E-state index contributed by atoms with van der Waals surface area (Å²) >= 11 is 0. The number of carbonyl (C=O) groups excluding carboxylic acids is 4. The van der Waals surface area contributed by atoms with E-state index in [4.69, 9.17) is 20.9 Å². The Morgan fingerprint density at radius 1 is 0.942 bits per heavy atom. The molecule has 4 aromatic rings. The summed E-state index contributed by atoms with van der Waals surface area (Å²) in [5.41, 5.74) is 13.5. The Morgan fingerprint density at radius 2 is 1.65 bits per heavy atom. The van der Waals surface area contributed by atoms with Crippen LogP contribution in [0.1, 0.15) is 65.6 Å². The minimum absolute atomic E-state index is 0.00692. The van der Waals surface area contributed by atoms with E-state index in [1.807, 2.05) is 11.9 Å². The molecule has 0 saturated carbocycles. The number of hydrogen-bond donors (Lipinski definition) is 5. The highest BCUT2D eigenvalue weighted by Crippen LogP contribution is 2.19. The largest absolute Gasteiger partial charge is 0.480 e. The molecule has 0 aliphatic rings. The van der Waals surface area contributed by atoms with Crippen molar-refractivity contribution in [3.63, 3.8) is 0 Å². The van der Waals surface area contributed by atoms with Gasteiger partial charge in [0.15, 0.2) is 17.0 Å². The van der Waals surface area contributed by atoms with E-state index in [2.05, 4.69) is 30.6 Å². The van der Waals surface area contributed by atoms with Crippen LogP contribution in [0.4, 0.5) is 17.5 Å². The molecule has 0 radical (unpaired) electrons. The molecule has 17 nitrogen and oxygen atoms in total. The highest BCUT2D eigenvalue weighted by molar-refractivity contribution is 5.98. The number of carboxylic acids is 1. The molecule has 0 saturated heterocycles. The minimum Gasteiger partial charge on any atom is -0.480 e. The normalized spacial score (nSPS) is 12.3. The highest BCUT2D eigenvalue weighted by Gasteiger charge is 2.29. The number of carboxylic acid groups (broad SMARTS) is 1. The van der Waals surface area contributed by atoms with Gasteiger partial charge in [-0.15, -0.1) is 0 Å². The average Bonchev–Trinajstić information content (AvgIpc) is 3.08. The Morgan fingerprint density at radius 3 is 2.31 bits per heavy atom. The molecule has 0 bridgehead atoms. The number of nitrogen functional groups attached to an aromatic ring is 2. The van der Waals surface area contributed by atoms with Gasteiger partial charge < -0.3 is 41.6 Å². The van der Waals surface area contributed by atoms with Crippen molar-refractivity contribution in [3.05, 3.63) is 77.1 Å². The molecule has 7 N–H and O–H groups in total. The Labute approximate surface area is 299 Å². The number of aliphatic carboxylic acids is 1. The van der Waals surface area contributed by atoms with Gasteiger partial charge in [0.25, 0.3) is 5.91 Å². The number of benzene rings is 2. The number of carbonyl (C=O) groups is 5. The van der Waals surface area contributed by atoms with Crippen LogP contribution in [0.2, 0.25) is 0 Å². The van der Waals surface area contributed by atoms with E-state index in [0.29, 0.717) is 23.3 Å². The lowest BCUT2D eigenvalue weighted by Crippen LogP contribution is -2.52. The summed E-state index contributed by atoms with van der Waals surface area (Å²) in [6.07, 6.45) is 0.963. The lowest BCUT2D eigenvalue weighted by Gasteiger charge is -2.23. The number of hydrogen-bond acceptors (Lipinski definition) is 14. The van der Waals surface area contributed by atoms with E-state index in [0.717, 1.165) is 5.69 Å². The molecule has 274 valence electrons. The molecule has 52 heavy (non-hydrogen) atoms. The second-order valence-electron chi connectivity index (χ2n) is 12.9. The van der Waals surface area contributed by atoms with Crippen LogP contribution in [0.15, 0.2) is 54.7 Å². The van der Waals surface area contributed by atoms with Crippen molar-refractivity contribution in [2.24, 2.45) is 0 Å². The number of esters is 2. The van der Waals surface area contributed by atoms with Crippen LogP contribution in [-0.2, 0) is 36.8 Å². The van der Waals surface area contributed by atoms with Crippen LogP contribution in [0.25, 0.3) is 11.2 Å². The van der Waals surface area contributed by atoms with Gasteiger partial charge in [-0.3, -0.25) is 14.4 Å². The number of anilines is 3. The predicted octanol–water partition coefficient (Wildman–Crippen LogP) is 2.04. The number of nitrogens with one attached hydrogen (secondary N) is 2. The van der Waals surface area contributed by atoms with Crippen molar-refractivity contribution < 1.29 is 38.6 Å². The van der Waals surface area contributed by atoms with Crippen LogP contribution in [0, 0.1) is 0 Å². The number of nitrogens with zero attached hydrogens (tertiary/aromatic N) is 5. The summed E-state index contributed by atoms with van der Waals surface area (Å²) in [6, 6.07) is 9.92. The first-order chi connectivity index (χ1) is 24.5. The van der Waals surface area contributed by atoms with Gasteiger partial charge in [-0.2, -0.15) is 9.97 Å². The molecule has 0 aliphatic carbocycles. The number of fused-ring (bicyclic) bond motifs is 1. The second kappa shape index (κ2) is 16.5. The third-order valence-corrected chi connectivity index (χ3v) is 7.55. The maximum atomic E-state index is 13.5. The van der Waals surface area contributed by atoms with Gasteiger partial charge in [0.05, 0.1) is 31.1 Å². The van der Waals surface area contributed by atoms with Crippen molar-refractivity contribution in [2.45, 2.75) is 64.3 Å². The lowest BCUT2D eigenvalue weighted by molar-refractivity contribution is -0.155. The first-order valence-corrected chi connectivity index (χ1v) is 16.1. The number of rotatable bonds is 14. The van der Waals surface area contributed by atoms with E-state index >= 15 is 0 Å². The van der Waals surface area contributed by atoms with Crippen molar-refractivity contribution >= 4 is 58.3 Å². The zero-order valence-corrected chi connectivity index (χ0v) is 29.4. The zero-order valence-electron chi connectivity index (χ0n) is 29.4. The van der Waals surface area contributed by atoms with Gasteiger partial charge >= 0.3 is 17.9 Å². The summed E-state index contributed by atoms with van der Waals surface area (Å²) in [5.74, 6) is -3.90. The monoisotopic (exact) mass is 715 g/mol. The number of methoxy groups -OCH3 is 1. The van der Waals surface area contributed by atoms with Crippen LogP contribution >= 0.6 is 0 Å². The quantitative estimate of drug-likeness (QED) is 0.117. The van der Waals surface area contributed by atoms with E-state index < -0.39 is 47.4 Å². The summed E-state index contributed by atoms with van der Waals surface area (Å²) in [5, 5.41) is 15.0. The number of aromatic nitrogens is 4. The molecule has 2 amide bonds. The van der Waals surface area contributed by atoms with Gasteiger partial charge in [-0.1, -0.05) is 12.1 Å². The molecule has 2 aromatic heterocycles. The standard InChI is InChI=1S/C35H41N9O8/c1-35(2,3)52-26(45)14-13-24(31(47)41-25(32(48)49)16-19-7-6-8-21(15-19)33(50)51-5)40-30(46)20-9-11-23(12-10-20)44(4)18-22-17-38-29-27(39-22)28(36)42-34(37)43-29/h6-12,15,17,24-25H,13-14,16,18H2,1-5H3,(H,40,46)(H,41,47)(H,48,49)(H4,36,37,38,42,43)/t24-,25-/m0/s1. The second-order valence-corrected chi connectivity index (χ2v) is 12.9. The SMILES string of the molecule is COC(=O)c1cccc(C[C@H](NC(=O)[C@H](CCC(=O)OC(C)(C)C)NC(=O)c2ccc(N(C)Cc3cnc4nc(N)nc(N)c4n3)cc2)C(=O)O)c1.